The van der Waals surface area contributed by atoms with Gasteiger partial charge in [-0.15, -0.1) is 0 Å². The number of hydrogen-bond donors (Lipinski definition) is 4. The van der Waals surface area contributed by atoms with Gasteiger partial charge in [0, 0.05) is 13.1 Å². The van der Waals surface area contributed by atoms with Crippen molar-refractivity contribution in [2.24, 2.45) is 5.41 Å². The number of nitrogens with one attached hydrogen (secondary N) is 3. The van der Waals surface area contributed by atoms with E-state index < -0.39 is 0 Å². The molecule has 0 amide bonds. The lowest BCUT2D eigenvalue weighted by atomic mass is 9.83. The Hall–Kier alpha value is -1.56. The van der Waals surface area contributed by atoms with Gasteiger partial charge in [0.25, 0.3) is 5.56 Å². The summed E-state index contributed by atoms with van der Waals surface area (Å²) in [6, 6.07) is 0. The average molecular weight is 237 g/mol. The Morgan fingerprint density at radius 3 is 3.18 bits per heavy atom. The molecule has 0 spiro atoms. The maximum absolute atomic E-state index is 11.3. The number of nitrogens with two attached hydrogens (primary N) is 1. The van der Waals surface area contributed by atoms with Gasteiger partial charge < -0.3 is 21.4 Å². The number of rotatable bonds is 3. The van der Waals surface area contributed by atoms with Gasteiger partial charge in [-0.25, -0.2) is 4.98 Å². The molecule has 1 saturated heterocycles. The maximum Gasteiger partial charge on any atom is 0.276 e. The number of aromatic nitrogens is 2. The summed E-state index contributed by atoms with van der Waals surface area (Å²) in [4.78, 5) is 17.8. The van der Waals surface area contributed by atoms with Crippen molar-refractivity contribution >= 4 is 11.5 Å². The molecule has 1 atom stereocenters. The van der Waals surface area contributed by atoms with Crippen LogP contribution in [0.3, 0.4) is 0 Å². The SMILES string of the molecule is CC1(CNc2nc[nH]c(=O)c2N)CCCNC1. The highest BCUT2D eigenvalue weighted by Gasteiger charge is 2.26. The van der Waals surface area contributed by atoms with Gasteiger partial charge in [0.2, 0.25) is 0 Å². The van der Waals surface area contributed by atoms with Gasteiger partial charge in [-0.2, -0.15) is 0 Å². The van der Waals surface area contributed by atoms with Crippen LogP contribution in [0.4, 0.5) is 11.5 Å². The van der Waals surface area contributed by atoms with E-state index in [1.54, 1.807) is 0 Å². The first-order valence-electron chi connectivity index (χ1n) is 5.88. The lowest BCUT2D eigenvalue weighted by Crippen LogP contribution is -2.42. The highest BCUT2D eigenvalue weighted by Crippen LogP contribution is 2.25. The van der Waals surface area contributed by atoms with Crippen LogP contribution in [0.25, 0.3) is 0 Å². The van der Waals surface area contributed by atoms with E-state index in [2.05, 4.69) is 27.5 Å². The van der Waals surface area contributed by atoms with Crippen LogP contribution in [-0.4, -0.2) is 29.6 Å². The van der Waals surface area contributed by atoms with Gasteiger partial charge in [0.05, 0.1) is 6.33 Å². The van der Waals surface area contributed by atoms with Crippen molar-refractivity contribution in [1.29, 1.82) is 0 Å². The van der Waals surface area contributed by atoms with Crippen molar-refractivity contribution in [3.8, 4) is 0 Å². The summed E-state index contributed by atoms with van der Waals surface area (Å²) in [5.74, 6) is 0.473. The van der Waals surface area contributed by atoms with E-state index in [0.29, 0.717) is 5.82 Å². The largest absolute Gasteiger partial charge is 0.391 e. The Kier molecular flexibility index (Phi) is 3.33. The minimum Gasteiger partial charge on any atom is -0.391 e. The number of H-pyrrole nitrogens is 1. The highest BCUT2D eigenvalue weighted by atomic mass is 16.1. The van der Waals surface area contributed by atoms with Crippen LogP contribution in [-0.2, 0) is 0 Å². The predicted molar refractivity (Wildman–Crippen MR) is 68.0 cm³/mol. The van der Waals surface area contributed by atoms with E-state index in [9.17, 15) is 4.79 Å². The van der Waals surface area contributed by atoms with Crippen LogP contribution in [0, 0.1) is 5.41 Å². The Labute approximate surface area is 100 Å². The van der Waals surface area contributed by atoms with Crippen LogP contribution in [0.15, 0.2) is 11.1 Å². The fourth-order valence-corrected chi connectivity index (χ4v) is 2.12. The first-order valence-corrected chi connectivity index (χ1v) is 5.88. The van der Waals surface area contributed by atoms with E-state index in [1.807, 2.05) is 0 Å². The lowest BCUT2D eigenvalue weighted by molar-refractivity contribution is 0.253. The summed E-state index contributed by atoms with van der Waals surface area (Å²) in [5, 5.41) is 6.55. The minimum absolute atomic E-state index is 0.153. The first kappa shape index (κ1) is 11.9. The van der Waals surface area contributed by atoms with Gasteiger partial charge in [0.15, 0.2) is 5.82 Å². The molecule has 6 heteroatoms. The molecule has 2 heterocycles. The Bertz CT molecular complexity index is 436. The molecule has 0 saturated carbocycles. The van der Waals surface area contributed by atoms with Crippen molar-refractivity contribution in [3.63, 3.8) is 0 Å². The number of anilines is 2. The molecule has 2 rings (SSSR count). The summed E-state index contributed by atoms with van der Waals surface area (Å²) in [5.41, 5.74) is 5.70. The molecule has 0 aromatic carbocycles. The molecule has 1 fully saturated rings. The Morgan fingerprint density at radius 2 is 2.47 bits per heavy atom. The summed E-state index contributed by atoms with van der Waals surface area (Å²) >= 11 is 0. The Balaban J connectivity index is 2.02. The Morgan fingerprint density at radius 1 is 1.65 bits per heavy atom. The highest BCUT2D eigenvalue weighted by molar-refractivity contribution is 5.58. The quantitative estimate of drug-likeness (QED) is 0.600. The molecule has 1 aromatic heterocycles. The zero-order valence-electron chi connectivity index (χ0n) is 10.0. The third-order valence-corrected chi connectivity index (χ3v) is 3.26. The van der Waals surface area contributed by atoms with E-state index >= 15 is 0 Å². The van der Waals surface area contributed by atoms with Crippen LogP contribution in [0.1, 0.15) is 19.8 Å². The number of nitrogens with zero attached hydrogens (tertiary/aromatic N) is 1. The number of nitrogen functional groups attached to an aromatic ring is 1. The van der Waals surface area contributed by atoms with Gasteiger partial charge in [-0.05, 0) is 24.8 Å². The molecule has 94 valence electrons. The molecule has 0 radical (unpaired) electrons. The molecule has 1 aliphatic rings. The molecule has 0 bridgehead atoms. The molecule has 5 N–H and O–H groups in total. The summed E-state index contributed by atoms with van der Waals surface area (Å²) in [6.07, 6.45) is 3.70. The van der Waals surface area contributed by atoms with E-state index in [4.69, 9.17) is 5.73 Å². The maximum atomic E-state index is 11.3. The van der Waals surface area contributed by atoms with Crippen molar-refractivity contribution in [1.82, 2.24) is 15.3 Å². The normalized spacial score (nSPS) is 24.5. The van der Waals surface area contributed by atoms with Crippen LogP contribution in [0.2, 0.25) is 0 Å². The minimum atomic E-state index is -0.297. The fraction of sp³-hybridized carbons (Fsp3) is 0.636. The van der Waals surface area contributed by atoms with Crippen molar-refractivity contribution in [2.75, 3.05) is 30.7 Å². The monoisotopic (exact) mass is 237 g/mol. The second-order valence-electron chi connectivity index (χ2n) is 4.94. The molecule has 0 aliphatic carbocycles. The second-order valence-corrected chi connectivity index (χ2v) is 4.94. The molecule has 6 nitrogen and oxygen atoms in total. The van der Waals surface area contributed by atoms with Crippen molar-refractivity contribution in [3.05, 3.63) is 16.7 Å². The molecular formula is C11H19N5O. The number of aromatic amines is 1. The third-order valence-electron chi connectivity index (χ3n) is 3.26. The second kappa shape index (κ2) is 4.75. The van der Waals surface area contributed by atoms with Gasteiger partial charge in [0.1, 0.15) is 5.69 Å². The number of hydrogen-bond acceptors (Lipinski definition) is 5. The van der Waals surface area contributed by atoms with E-state index in [0.717, 1.165) is 26.1 Å². The molecular weight excluding hydrogens is 218 g/mol. The first-order chi connectivity index (χ1) is 8.11. The van der Waals surface area contributed by atoms with E-state index in [-0.39, 0.29) is 16.7 Å². The van der Waals surface area contributed by atoms with Gasteiger partial charge >= 0.3 is 0 Å². The van der Waals surface area contributed by atoms with E-state index in [1.165, 1.54) is 12.7 Å². The summed E-state index contributed by atoms with van der Waals surface area (Å²) in [6.45, 7) is 5.04. The van der Waals surface area contributed by atoms with Crippen LogP contribution >= 0.6 is 0 Å². The zero-order valence-corrected chi connectivity index (χ0v) is 10.0. The average Bonchev–Trinajstić information content (AvgIpc) is 2.32. The van der Waals surface area contributed by atoms with Crippen molar-refractivity contribution < 1.29 is 0 Å². The molecule has 1 aromatic rings. The smallest absolute Gasteiger partial charge is 0.276 e. The fourth-order valence-electron chi connectivity index (χ4n) is 2.12. The van der Waals surface area contributed by atoms with Crippen molar-refractivity contribution in [2.45, 2.75) is 19.8 Å². The predicted octanol–water partition coefficient (Wildman–Crippen LogP) is 0.154. The lowest BCUT2D eigenvalue weighted by Gasteiger charge is -2.34. The van der Waals surface area contributed by atoms with Crippen LogP contribution in [0.5, 0.6) is 0 Å². The van der Waals surface area contributed by atoms with Gasteiger partial charge in [-0.3, -0.25) is 4.79 Å². The molecule has 1 aliphatic heterocycles. The summed E-state index contributed by atoms with van der Waals surface area (Å²) < 4.78 is 0. The summed E-state index contributed by atoms with van der Waals surface area (Å²) in [7, 11) is 0. The number of piperidine rings is 1. The standard InChI is InChI=1S/C11H19N5O/c1-11(3-2-4-13-5-11)6-14-9-8(12)10(17)16-7-15-9/h7,13H,2-6,12H2,1H3,(H2,14,15,16,17). The molecule has 1 unspecified atom stereocenters. The molecule has 17 heavy (non-hydrogen) atoms. The van der Waals surface area contributed by atoms with Crippen LogP contribution < -0.4 is 21.9 Å². The van der Waals surface area contributed by atoms with Gasteiger partial charge in [-0.1, -0.05) is 6.92 Å². The third kappa shape index (κ3) is 2.76. The zero-order chi connectivity index (χ0) is 12.3. The topological polar surface area (TPSA) is 95.8 Å².